The van der Waals surface area contributed by atoms with Gasteiger partial charge in [0.05, 0.1) is 4.92 Å². The molecule has 0 spiro atoms. The average Bonchev–Trinajstić information content (AvgIpc) is 2.56. The van der Waals surface area contributed by atoms with Gasteiger partial charge in [-0.25, -0.2) is 0 Å². The lowest BCUT2D eigenvalue weighted by Gasteiger charge is -2.16. The Morgan fingerprint density at radius 1 is 1.35 bits per heavy atom. The molecule has 6 heteroatoms. The molecule has 1 amide bonds. The zero-order valence-electron chi connectivity index (χ0n) is 13.3. The van der Waals surface area contributed by atoms with E-state index in [-0.39, 0.29) is 11.6 Å². The molecule has 1 N–H and O–H groups in total. The minimum atomic E-state index is -0.642. The number of rotatable bonds is 7. The molecule has 6 nitrogen and oxygen atoms in total. The van der Waals surface area contributed by atoms with Gasteiger partial charge in [-0.05, 0) is 51.2 Å². The van der Waals surface area contributed by atoms with Crippen LogP contribution in [0.2, 0.25) is 0 Å². The predicted molar refractivity (Wildman–Crippen MR) is 87.4 cm³/mol. The first kappa shape index (κ1) is 17.0. The molecule has 0 saturated carbocycles. The number of benzene rings is 1. The van der Waals surface area contributed by atoms with Crippen molar-refractivity contribution in [3.05, 3.63) is 46.0 Å². The van der Waals surface area contributed by atoms with Gasteiger partial charge in [0.25, 0.3) is 11.6 Å². The number of nitrogens with zero attached hydrogens (tertiary/aromatic N) is 1. The highest BCUT2D eigenvalue weighted by Gasteiger charge is 2.15. The third kappa shape index (κ3) is 5.39. The Kier molecular flexibility index (Phi) is 6.14. The fraction of sp³-hybridized carbons (Fsp3) is 0.471. The Hall–Kier alpha value is -2.37. The lowest BCUT2D eigenvalue weighted by atomic mass is 9.97. The molecule has 0 radical (unpaired) electrons. The molecule has 0 aliphatic heterocycles. The van der Waals surface area contributed by atoms with Gasteiger partial charge < -0.3 is 10.1 Å². The van der Waals surface area contributed by atoms with E-state index in [2.05, 4.69) is 11.4 Å². The molecule has 1 aliphatic carbocycles. The number of non-ortho nitro benzene ring substituents is 1. The second-order valence-electron chi connectivity index (χ2n) is 5.66. The Bertz CT molecular complexity index is 581. The molecular weight excluding hydrogens is 296 g/mol. The van der Waals surface area contributed by atoms with Crippen LogP contribution in [0.3, 0.4) is 0 Å². The summed E-state index contributed by atoms with van der Waals surface area (Å²) in [5.41, 5.74) is 1.41. The van der Waals surface area contributed by atoms with Crippen molar-refractivity contribution >= 4 is 11.6 Å². The predicted octanol–water partition coefficient (Wildman–Crippen LogP) is 3.37. The Labute approximate surface area is 135 Å². The topological polar surface area (TPSA) is 81.5 Å². The van der Waals surface area contributed by atoms with Gasteiger partial charge in [-0.2, -0.15) is 0 Å². The first-order chi connectivity index (χ1) is 11.1. The fourth-order valence-electron chi connectivity index (χ4n) is 2.53. The van der Waals surface area contributed by atoms with Crippen LogP contribution < -0.4 is 10.1 Å². The van der Waals surface area contributed by atoms with Crippen molar-refractivity contribution in [1.29, 1.82) is 0 Å². The van der Waals surface area contributed by atoms with E-state index in [9.17, 15) is 14.9 Å². The van der Waals surface area contributed by atoms with E-state index >= 15 is 0 Å². The van der Waals surface area contributed by atoms with E-state index < -0.39 is 11.0 Å². The van der Waals surface area contributed by atoms with Gasteiger partial charge in [0.15, 0.2) is 6.10 Å². The highest BCUT2D eigenvalue weighted by molar-refractivity contribution is 5.80. The summed E-state index contributed by atoms with van der Waals surface area (Å²) in [4.78, 5) is 22.1. The number of nitro benzene ring substituents is 1. The molecule has 2 rings (SSSR count). The number of carbonyl (C=O) groups is 1. The van der Waals surface area contributed by atoms with Crippen LogP contribution in [0, 0.1) is 10.1 Å². The van der Waals surface area contributed by atoms with Crippen LogP contribution >= 0.6 is 0 Å². The van der Waals surface area contributed by atoms with Gasteiger partial charge in [0, 0.05) is 18.7 Å². The first-order valence-electron chi connectivity index (χ1n) is 7.93. The highest BCUT2D eigenvalue weighted by atomic mass is 16.6. The molecule has 1 unspecified atom stereocenters. The lowest BCUT2D eigenvalue weighted by molar-refractivity contribution is -0.384. The minimum Gasteiger partial charge on any atom is -0.481 e. The Morgan fingerprint density at radius 2 is 2.09 bits per heavy atom. The number of allylic oxidation sites excluding steroid dienone is 1. The van der Waals surface area contributed by atoms with Crippen LogP contribution in [0.1, 0.15) is 39.0 Å². The van der Waals surface area contributed by atoms with Gasteiger partial charge in [-0.3, -0.25) is 14.9 Å². The average molecular weight is 318 g/mol. The second kappa shape index (κ2) is 8.31. The zero-order chi connectivity index (χ0) is 16.7. The van der Waals surface area contributed by atoms with Crippen molar-refractivity contribution in [3.8, 4) is 5.75 Å². The third-order valence-electron chi connectivity index (χ3n) is 3.86. The second-order valence-corrected chi connectivity index (χ2v) is 5.66. The molecule has 1 aromatic carbocycles. The molecule has 124 valence electrons. The zero-order valence-corrected chi connectivity index (χ0v) is 13.3. The lowest BCUT2D eigenvalue weighted by Crippen LogP contribution is -2.36. The number of nitro groups is 1. The van der Waals surface area contributed by atoms with Crippen molar-refractivity contribution in [1.82, 2.24) is 5.32 Å². The number of nitrogens with one attached hydrogen (secondary N) is 1. The first-order valence-corrected chi connectivity index (χ1v) is 7.93. The summed E-state index contributed by atoms with van der Waals surface area (Å²) in [6.07, 6.45) is 7.28. The summed E-state index contributed by atoms with van der Waals surface area (Å²) >= 11 is 0. The molecule has 0 bridgehead atoms. The summed E-state index contributed by atoms with van der Waals surface area (Å²) in [6.45, 7) is 2.27. The van der Waals surface area contributed by atoms with Crippen LogP contribution in [-0.4, -0.2) is 23.5 Å². The van der Waals surface area contributed by atoms with E-state index in [0.717, 1.165) is 19.3 Å². The minimum absolute atomic E-state index is 0.00443. The molecule has 1 aliphatic rings. The summed E-state index contributed by atoms with van der Waals surface area (Å²) in [5, 5.41) is 13.5. The summed E-state index contributed by atoms with van der Waals surface area (Å²) in [5.74, 6) is 0.257. The number of amides is 1. The smallest absolute Gasteiger partial charge is 0.269 e. The van der Waals surface area contributed by atoms with Crippen LogP contribution in [0.4, 0.5) is 5.69 Å². The molecule has 1 aromatic rings. The van der Waals surface area contributed by atoms with Gasteiger partial charge in [0.1, 0.15) is 5.75 Å². The van der Waals surface area contributed by atoms with Crippen LogP contribution in [0.15, 0.2) is 35.9 Å². The largest absolute Gasteiger partial charge is 0.481 e. The van der Waals surface area contributed by atoms with E-state index in [1.54, 1.807) is 6.92 Å². The fourth-order valence-corrected chi connectivity index (χ4v) is 2.53. The van der Waals surface area contributed by atoms with Crippen molar-refractivity contribution in [2.75, 3.05) is 6.54 Å². The molecule has 0 aromatic heterocycles. The van der Waals surface area contributed by atoms with E-state index in [4.69, 9.17) is 4.74 Å². The number of carbonyl (C=O) groups excluding carboxylic acids is 1. The monoisotopic (exact) mass is 318 g/mol. The van der Waals surface area contributed by atoms with Gasteiger partial charge >= 0.3 is 0 Å². The number of hydrogen-bond acceptors (Lipinski definition) is 4. The van der Waals surface area contributed by atoms with E-state index in [1.165, 1.54) is 42.7 Å². The maximum absolute atomic E-state index is 12.0. The summed E-state index contributed by atoms with van der Waals surface area (Å²) in [6, 6.07) is 5.70. The van der Waals surface area contributed by atoms with Gasteiger partial charge in [-0.15, -0.1) is 0 Å². The number of hydrogen-bond donors (Lipinski definition) is 1. The van der Waals surface area contributed by atoms with Gasteiger partial charge in [0.2, 0.25) is 0 Å². The Morgan fingerprint density at radius 3 is 2.70 bits per heavy atom. The van der Waals surface area contributed by atoms with Crippen molar-refractivity contribution in [2.45, 2.75) is 45.1 Å². The highest BCUT2D eigenvalue weighted by Crippen LogP contribution is 2.20. The summed E-state index contributed by atoms with van der Waals surface area (Å²) < 4.78 is 5.50. The van der Waals surface area contributed by atoms with Crippen LogP contribution in [0.25, 0.3) is 0 Å². The molecular formula is C17H22N2O4. The van der Waals surface area contributed by atoms with Gasteiger partial charge in [-0.1, -0.05) is 11.6 Å². The third-order valence-corrected chi connectivity index (χ3v) is 3.86. The molecule has 23 heavy (non-hydrogen) atoms. The molecule has 0 saturated heterocycles. The van der Waals surface area contributed by atoms with Crippen LogP contribution in [-0.2, 0) is 4.79 Å². The molecule has 1 atom stereocenters. The Balaban J connectivity index is 1.75. The maximum atomic E-state index is 12.0. The summed E-state index contributed by atoms with van der Waals surface area (Å²) in [7, 11) is 0. The SMILES string of the molecule is CC(Oc1ccc([N+](=O)[O-])cc1)C(=O)NCCC1=CCCCC1. The normalized spacial score (nSPS) is 15.4. The van der Waals surface area contributed by atoms with Crippen LogP contribution in [0.5, 0.6) is 5.75 Å². The maximum Gasteiger partial charge on any atom is 0.269 e. The standard InChI is InChI=1S/C17H22N2O4/c1-13(23-16-9-7-15(8-10-16)19(21)22)17(20)18-12-11-14-5-3-2-4-6-14/h5,7-10,13H,2-4,6,11-12H2,1H3,(H,18,20). The number of ether oxygens (including phenoxy) is 1. The van der Waals surface area contributed by atoms with Crippen molar-refractivity contribution < 1.29 is 14.5 Å². The van der Waals surface area contributed by atoms with Crippen molar-refractivity contribution in [3.63, 3.8) is 0 Å². The quantitative estimate of drug-likeness (QED) is 0.475. The molecule has 0 fully saturated rings. The van der Waals surface area contributed by atoms with E-state index in [1.807, 2.05) is 0 Å². The van der Waals surface area contributed by atoms with Crippen molar-refractivity contribution in [2.24, 2.45) is 0 Å². The molecule has 0 heterocycles. The van der Waals surface area contributed by atoms with E-state index in [0.29, 0.717) is 12.3 Å².